The Morgan fingerprint density at radius 2 is 2.18 bits per heavy atom. The second-order valence-electron chi connectivity index (χ2n) is 5.92. The fourth-order valence-electron chi connectivity index (χ4n) is 2.81. The normalized spacial score (nSPS) is 18.6. The fourth-order valence-corrected chi connectivity index (χ4v) is 2.81. The van der Waals surface area contributed by atoms with Gasteiger partial charge in [0, 0.05) is 0 Å². The van der Waals surface area contributed by atoms with Gasteiger partial charge in [0.05, 0.1) is 18.8 Å². The number of para-hydroxylation sites is 1. The van der Waals surface area contributed by atoms with Crippen molar-refractivity contribution < 1.29 is 14.3 Å². The van der Waals surface area contributed by atoms with Gasteiger partial charge in [0.15, 0.2) is 0 Å². The standard InChI is InChI=1S/C17H26N2O3/c1-5-13(17(20)21-6-2)19-10-15(11(3)4)22-14-9-7-8-12(18)16(14)19/h7-9,11,13,15H,5-6,10,18H2,1-4H3. The number of esters is 1. The molecular weight excluding hydrogens is 280 g/mol. The molecule has 2 N–H and O–H groups in total. The number of rotatable bonds is 5. The van der Waals surface area contributed by atoms with E-state index in [1.807, 2.05) is 32.0 Å². The summed E-state index contributed by atoms with van der Waals surface area (Å²) >= 11 is 0. The lowest BCUT2D eigenvalue weighted by Gasteiger charge is -2.41. The highest BCUT2D eigenvalue weighted by atomic mass is 16.5. The van der Waals surface area contributed by atoms with Crippen LogP contribution in [0.25, 0.3) is 0 Å². The van der Waals surface area contributed by atoms with Crippen LogP contribution >= 0.6 is 0 Å². The number of anilines is 2. The first-order chi connectivity index (χ1) is 10.5. The topological polar surface area (TPSA) is 64.8 Å². The van der Waals surface area contributed by atoms with Gasteiger partial charge in [0.1, 0.15) is 23.6 Å². The summed E-state index contributed by atoms with van der Waals surface area (Å²) in [6, 6.07) is 5.28. The quantitative estimate of drug-likeness (QED) is 0.669. The Balaban J connectivity index is 2.42. The van der Waals surface area contributed by atoms with E-state index in [1.165, 1.54) is 0 Å². The highest BCUT2D eigenvalue weighted by molar-refractivity contribution is 5.85. The lowest BCUT2D eigenvalue weighted by molar-refractivity contribution is -0.145. The van der Waals surface area contributed by atoms with Gasteiger partial charge in [-0.3, -0.25) is 0 Å². The van der Waals surface area contributed by atoms with Crippen LogP contribution in [0.3, 0.4) is 0 Å². The number of hydrogen-bond acceptors (Lipinski definition) is 5. The zero-order valence-corrected chi connectivity index (χ0v) is 13.8. The van der Waals surface area contributed by atoms with E-state index in [1.54, 1.807) is 0 Å². The maximum atomic E-state index is 12.3. The molecule has 0 fully saturated rings. The molecule has 122 valence electrons. The summed E-state index contributed by atoms with van der Waals surface area (Å²) in [6.45, 7) is 9.06. The van der Waals surface area contributed by atoms with Crippen molar-refractivity contribution in [3.63, 3.8) is 0 Å². The van der Waals surface area contributed by atoms with Gasteiger partial charge in [-0.25, -0.2) is 4.79 Å². The minimum atomic E-state index is -0.339. The first-order valence-corrected chi connectivity index (χ1v) is 7.97. The second-order valence-corrected chi connectivity index (χ2v) is 5.92. The molecule has 1 aliphatic heterocycles. The lowest BCUT2D eigenvalue weighted by Crippen LogP contribution is -2.51. The van der Waals surface area contributed by atoms with Crippen molar-refractivity contribution in [2.75, 3.05) is 23.8 Å². The predicted molar refractivity (Wildman–Crippen MR) is 88.2 cm³/mol. The third-order valence-corrected chi connectivity index (χ3v) is 4.04. The Labute approximate surface area is 132 Å². The van der Waals surface area contributed by atoms with Crippen molar-refractivity contribution in [2.45, 2.75) is 46.3 Å². The van der Waals surface area contributed by atoms with E-state index in [2.05, 4.69) is 18.7 Å². The van der Waals surface area contributed by atoms with Gasteiger partial charge in [-0.05, 0) is 31.4 Å². The molecule has 1 aromatic carbocycles. The van der Waals surface area contributed by atoms with Crippen LogP contribution in [-0.4, -0.2) is 31.3 Å². The molecule has 0 saturated heterocycles. The number of fused-ring (bicyclic) bond motifs is 1. The molecule has 2 atom stereocenters. The number of nitrogen functional groups attached to an aromatic ring is 1. The summed E-state index contributed by atoms with van der Waals surface area (Å²) in [7, 11) is 0. The molecular formula is C17H26N2O3. The molecule has 0 spiro atoms. The van der Waals surface area contributed by atoms with Crippen LogP contribution in [0.15, 0.2) is 18.2 Å². The van der Waals surface area contributed by atoms with E-state index in [-0.39, 0.29) is 18.1 Å². The summed E-state index contributed by atoms with van der Waals surface area (Å²) in [4.78, 5) is 14.4. The van der Waals surface area contributed by atoms with Gasteiger partial charge in [-0.1, -0.05) is 26.8 Å². The molecule has 1 heterocycles. The summed E-state index contributed by atoms with van der Waals surface area (Å²) in [5.74, 6) is 0.882. The Morgan fingerprint density at radius 1 is 1.45 bits per heavy atom. The molecule has 0 aromatic heterocycles. The number of nitrogens with zero attached hydrogens (tertiary/aromatic N) is 1. The zero-order chi connectivity index (χ0) is 16.3. The Hall–Kier alpha value is -1.91. The number of carbonyl (C=O) groups is 1. The zero-order valence-electron chi connectivity index (χ0n) is 13.8. The first kappa shape index (κ1) is 16.5. The molecule has 0 radical (unpaired) electrons. The summed E-state index contributed by atoms with van der Waals surface area (Å²) in [6.07, 6.45) is 0.690. The number of benzene rings is 1. The number of carbonyl (C=O) groups excluding carboxylic acids is 1. The molecule has 22 heavy (non-hydrogen) atoms. The van der Waals surface area contributed by atoms with E-state index in [9.17, 15) is 4.79 Å². The van der Waals surface area contributed by atoms with Crippen molar-refractivity contribution in [1.29, 1.82) is 0 Å². The Morgan fingerprint density at radius 3 is 2.77 bits per heavy atom. The average Bonchev–Trinajstić information content (AvgIpc) is 2.48. The lowest BCUT2D eigenvalue weighted by atomic mass is 10.0. The number of nitrogens with two attached hydrogens (primary N) is 1. The van der Waals surface area contributed by atoms with Crippen LogP contribution in [0.1, 0.15) is 34.1 Å². The van der Waals surface area contributed by atoms with Crippen molar-refractivity contribution in [3.05, 3.63) is 18.2 Å². The average molecular weight is 306 g/mol. The van der Waals surface area contributed by atoms with Crippen molar-refractivity contribution >= 4 is 17.3 Å². The third kappa shape index (κ3) is 3.13. The van der Waals surface area contributed by atoms with Crippen LogP contribution in [-0.2, 0) is 9.53 Å². The van der Waals surface area contributed by atoms with E-state index in [4.69, 9.17) is 15.2 Å². The molecule has 1 aliphatic rings. The Bertz CT molecular complexity index is 531. The summed E-state index contributed by atoms with van der Waals surface area (Å²) in [5, 5.41) is 0. The number of ether oxygens (including phenoxy) is 2. The van der Waals surface area contributed by atoms with E-state index >= 15 is 0 Å². The largest absolute Gasteiger partial charge is 0.486 e. The number of hydrogen-bond donors (Lipinski definition) is 1. The SMILES string of the molecule is CCOC(=O)C(CC)N1CC(C(C)C)Oc2cccc(N)c21. The minimum Gasteiger partial charge on any atom is -0.486 e. The van der Waals surface area contributed by atoms with E-state index in [0.29, 0.717) is 31.2 Å². The maximum Gasteiger partial charge on any atom is 0.328 e. The molecule has 0 amide bonds. The molecule has 0 bridgehead atoms. The van der Waals surface area contributed by atoms with Crippen molar-refractivity contribution in [3.8, 4) is 5.75 Å². The molecule has 2 rings (SSSR count). The Kier molecular flexibility index (Phi) is 5.16. The van der Waals surface area contributed by atoms with Crippen LogP contribution in [0.2, 0.25) is 0 Å². The van der Waals surface area contributed by atoms with Gasteiger partial charge in [-0.15, -0.1) is 0 Å². The van der Waals surface area contributed by atoms with Crippen molar-refractivity contribution in [1.82, 2.24) is 0 Å². The van der Waals surface area contributed by atoms with Gasteiger partial charge in [0.25, 0.3) is 0 Å². The molecule has 0 aliphatic carbocycles. The third-order valence-electron chi connectivity index (χ3n) is 4.04. The van der Waals surface area contributed by atoms with Gasteiger partial charge in [0.2, 0.25) is 0 Å². The van der Waals surface area contributed by atoms with Gasteiger partial charge < -0.3 is 20.1 Å². The maximum absolute atomic E-state index is 12.3. The summed E-state index contributed by atoms with van der Waals surface area (Å²) < 4.78 is 11.3. The van der Waals surface area contributed by atoms with Crippen LogP contribution in [0, 0.1) is 5.92 Å². The molecule has 5 heteroatoms. The minimum absolute atomic E-state index is 0.0257. The summed E-state index contributed by atoms with van der Waals surface area (Å²) in [5.41, 5.74) is 7.58. The predicted octanol–water partition coefficient (Wildman–Crippen LogP) is 2.83. The molecule has 2 unspecified atom stereocenters. The highest BCUT2D eigenvalue weighted by Gasteiger charge is 2.36. The highest BCUT2D eigenvalue weighted by Crippen LogP contribution is 2.41. The van der Waals surface area contributed by atoms with E-state index in [0.717, 1.165) is 11.4 Å². The van der Waals surface area contributed by atoms with Gasteiger partial charge >= 0.3 is 5.97 Å². The molecule has 1 aromatic rings. The first-order valence-electron chi connectivity index (χ1n) is 7.97. The smallest absolute Gasteiger partial charge is 0.328 e. The molecule has 0 saturated carbocycles. The monoisotopic (exact) mass is 306 g/mol. The van der Waals surface area contributed by atoms with Crippen LogP contribution < -0.4 is 15.4 Å². The second kappa shape index (κ2) is 6.90. The van der Waals surface area contributed by atoms with E-state index < -0.39 is 0 Å². The van der Waals surface area contributed by atoms with Gasteiger partial charge in [-0.2, -0.15) is 0 Å². The van der Waals surface area contributed by atoms with Crippen LogP contribution in [0.5, 0.6) is 5.75 Å². The van der Waals surface area contributed by atoms with Crippen molar-refractivity contribution in [2.24, 2.45) is 5.92 Å². The fraction of sp³-hybridized carbons (Fsp3) is 0.588. The van der Waals surface area contributed by atoms with Crippen LogP contribution in [0.4, 0.5) is 11.4 Å². The molecule has 5 nitrogen and oxygen atoms in total.